The van der Waals surface area contributed by atoms with Crippen LogP contribution in [-0.4, -0.2) is 125 Å². The number of hydrogen-bond donors (Lipinski definition) is 5. The van der Waals surface area contributed by atoms with Gasteiger partial charge in [-0.05, 0) is 74.2 Å². The van der Waals surface area contributed by atoms with Crippen LogP contribution >= 0.6 is 0 Å². The number of aliphatic hydroxyl groups is 3. The number of nitrogens with zero attached hydrogens (tertiary/aromatic N) is 3. The number of benzene rings is 2. The summed E-state index contributed by atoms with van der Waals surface area (Å²) in [5.74, 6) is -1.51. The number of piperidine rings is 1. The van der Waals surface area contributed by atoms with E-state index in [2.05, 4.69) is 33.0 Å². The van der Waals surface area contributed by atoms with Gasteiger partial charge in [-0.2, -0.15) is 0 Å². The molecule has 55 heavy (non-hydrogen) atoms. The van der Waals surface area contributed by atoms with Crippen LogP contribution in [0.15, 0.2) is 48.0 Å². The summed E-state index contributed by atoms with van der Waals surface area (Å²) in [4.78, 5) is 39.2. The molecule has 6 heterocycles. The van der Waals surface area contributed by atoms with Gasteiger partial charge < -0.3 is 40.4 Å². The second-order valence-corrected chi connectivity index (χ2v) is 17.4. The topological polar surface area (TPSA) is 165 Å². The first-order chi connectivity index (χ1) is 26.3. The molecule has 10 atom stereocenters. The van der Waals surface area contributed by atoms with Crippen LogP contribution in [0.25, 0.3) is 10.9 Å². The molecule has 1 aliphatic carbocycles. The molecule has 3 aromatic rings. The fourth-order valence-corrected chi connectivity index (χ4v) is 12.8. The van der Waals surface area contributed by atoms with Crippen LogP contribution in [0.1, 0.15) is 68.3 Å². The standard InChI is InChI=1S/C43H55N5O7/c1-6-25-12-16-48-17-14-41-28-18-29(32(54-4)19-31(28)46(3)37(41)43(53,38(44)50)36(49)33(25)35(41)48)42(39(51)55-5)21-24-20-40(52,7-2)23-47(22-24)15-13-27-26-10-8-9-11-30(26)45-34(27)42/h8-12,18-19,24,33,35-37,45,49,52-53H,6-7,13-17,20-23H2,1-5H3,(H2,44,50)/t24-,33?,35+,36-,37-,40+,41-,42+,43-/m1/s1. The van der Waals surface area contributed by atoms with Crippen molar-refractivity contribution in [2.75, 3.05) is 58.9 Å². The number of esters is 1. The van der Waals surface area contributed by atoms with Gasteiger partial charge >= 0.3 is 5.97 Å². The first-order valence-corrected chi connectivity index (χ1v) is 20.0. The van der Waals surface area contributed by atoms with Gasteiger partial charge in [0.15, 0.2) is 5.60 Å². The molecule has 1 aromatic heterocycles. The number of aromatic nitrogens is 1. The molecule has 1 amide bonds. The SMILES string of the molecule is CCC1=CCN2CC[C@]34c5cc([C@@]6(C(=O)OC)C[C@@H]7C[N@](CCc8c6[nH]c6ccccc86)C[C@](O)(CC)C7)c(OC)cc5N(C)[C@H]3[C@@](O)(C(N)=O)[C@H](O)C1[C@H]24. The number of nitrogens with two attached hydrogens (primary N) is 1. The smallest absolute Gasteiger partial charge is 0.322 e. The van der Waals surface area contributed by atoms with Crippen molar-refractivity contribution in [3.63, 3.8) is 0 Å². The Kier molecular flexibility index (Phi) is 8.36. The van der Waals surface area contributed by atoms with Gasteiger partial charge in [-0.25, -0.2) is 0 Å². The second-order valence-electron chi connectivity index (χ2n) is 17.4. The number of rotatable bonds is 6. The number of para-hydroxylation sites is 1. The molecule has 1 spiro atoms. The number of primary amides is 1. The van der Waals surface area contributed by atoms with E-state index < -0.39 is 52.0 Å². The Balaban J connectivity index is 1.35. The summed E-state index contributed by atoms with van der Waals surface area (Å²) in [6.45, 7) is 7.49. The lowest BCUT2D eigenvalue weighted by Crippen LogP contribution is -2.78. The van der Waals surface area contributed by atoms with Gasteiger partial charge in [0.1, 0.15) is 17.3 Å². The molecular weight excluding hydrogens is 699 g/mol. The third-order valence-electron chi connectivity index (χ3n) is 15.0. The molecule has 2 saturated heterocycles. The van der Waals surface area contributed by atoms with E-state index in [1.165, 1.54) is 7.11 Å². The lowest BCUT2D eigenvalue weighted by molar-refractivity contribution is -0.180. The van der Waals surface area contributed by atoms with Crippen molar-refractivity contribution in [1.29, 1.82) is 0 Å². The average Bonchev–Trinajstić information content (AvgIpc) is 3.84. The molecule has 6 aliphatic rings. The van der Waals surface area contributed by atoms with Crippen molar-refractivity contribution in [2.24, 2.45) is 17.6 Å². The van der Waals surface area contributed by atoms with E-state index in [0.717, 1.165) is 52.1 Å². The van der Waals surface area contributed by atoms with Crippen LogP contribution in [0.3, 0.4) is 0 Å². The van der Waals surface area contributed by atoms with Crippen molar-refractivity contribution in [3.8, 4) is 5.75 Å². The van der Waals surface area contributed by atoms with E-state index in [0.29, 0.717) is 69.5 Å². The molecule has 12 heteroatoms. The van der Waals surface area contributed by atoms with Crippen molar-refractivity contribution in [3.05, 3.63) is 70.4 Å². The maximum atomic E-state index is 15.2. The summed E-state index contributed by atoms with van der Waals surface area (Å²) < 4.78 is 12.2. The summed E-state index contributed by atoms with van der Waals surface area (Å²) in [5.41, 5.74) is 6.77. The monoisotopic (exact) mass is 753 g/mol. The third-order valence-corrected chi connectivity index (χ3v) is 15.0. The number of ether oxygens (including phenoxy) is 2. The van der Waals surface area contributed by atoms with E-state index in [9.17, 15) is 20.1 Å². The highest BCUT2D eigenvalue weighted by atomic mass is 16.5. The minimum Gasteiger partial charge on any atom is -0.496 e. The van der Waals surface area contributed by atoms with E-state index in [-0.39, 0.29) is 12.0 Å². The van der Waals surface area contributed by atoms with Crippen molar-refractivity contribution in [2.45, 2.75) is 92.6 Å². The predicted molar refractivity (Wildman–Crippen MR) is 208 cm³/mol. The molecule has 9 rings (SSSR count). The predicted octanol–water partition coefficient (Wildman–Crippen LogP) is 2.73. The van der Waals surface area contributed by atoms with Gasteiger partial charge in [0.25, 0.3) is 5.91 Å². The van der Waals surface area contributed by atoms with Gasteiger partial charge in [-0.15, -0.1) is 0 Å². The summed E-state index contributed by atoms with van der Waals surface area (Å²) in [6, 6.07) is 11.1. The molecule has 2 bridgehead atoms. The Hall–Kier alpha value is -3.94. The number of anilines is 1. The summed E-state index contributed by atoms with van der Waals surface area (Å²) in [6.07, 6.45) is 4.12. The number of nitrogens with one attached hydrogen (secondary N) is 1. The first kappa shape index (κ1) is 36.7. The maximum Gasteiger partial charge on any atom is 0.322 e. The number of hydrogen-bond acceptors (Lipinski definition) is 10. The zero-order valence-corrected chi connectivity index (χ0v) is 32.6. The van der Waals surface area contributed by atoms with Gasteiger partial charge in [0, 0.05) is 84.5 Å². The Morgan fingerprint density at radius 1 is 1.07 bits per heavy atom. The van der Waals surface area contributed by atoms with Crippen LogP contribution in [0, 0.1) is 11.8 Å². The van der Waals surface area contributed by atoms with Gasteiger partial charge in [0.2, 0.25) is 0 Å². The number of aromatic amines is 1. The Labute approximate surface area is 322 Å². The molecule has 12 nitrogen and oxygen atoms in total. The number of H-pyrrole nitrogens is 1. The molecular formula is C43H55N5O7. The largest absolute Gasteiger partial charge is 0.496 e. The average molecular weight is 754 g/mol. The normalized spacial score (nSPS) is 37.8. The fraction of sp³-hybridized carbons (Fsp3) is 0.581. The minimum atomic E-state index is -2.28. The van der Waals surface area contributed by atoms with Gasteiger partial charge in [0.05, 0.1) is 25.9 Å². The van der Waals surface area contributed by atoms with Crippen molar-refractivity contribution < 1.29 is 34.4 Å². The summed E-state index contributed by atoms with van der Waals surface area (Å²) in [7, 11) is 4.90. The second kappa shape index (κ2) is 12.5. The molecule has 1 saturated carbocycles. The lowest BCUT2D eigenvalue weighted by Gasteiger charge is -2.59. The highest BCUT2D eigenvalue weighted by molar-refractivity contribution is 5.95. The number of fused-ring (bicyclic) bond motifs is 6. The quantitative estimate of drug-likeness (QED) is 0.187. The molecule has 6 N–H and O–H groups in total. The third kappa shape index (κ3) is 4.69. The number of methoxy groups -OCH3 is 2. The van der Waals surface area contributed by atoms with Crippen LogP contribution in [0.4, 0.5) is 5.69 Å². The molecule has 5 aliphatic heterocycles. The minimum absolute atomic E-state index is 0.0755. The highest BCUT2D eigenvalue weighted by Gasteiger charge is 2.75. The zero-order chi connectivity index (χ0) is 38.8. The van der Waals surface area contributed by atoms with Gasteiger partial charge in [-0.1, -0.05) is 43.7 Å². The van der Waals surface area contributed by atoms with Crippen molar-refractivity contribution in [1.82, 2.24) is 14.8 Å². The van der Waals surface area contributed by atoms with E-state index in [4.69, 9.17) is 15.2 Å². The van der Waals surface area contributed by atoms with E-state index >= 15 is 4.79 Å². The number of carbonyl (C=O) groups excluding carboxylic acids is 2. The van der Waals surface area contributed by atoms with Crippen LogP contribution in [0.2, 0.25) is 0 Å². The van der Waals surface area contributed by atoms with E-state index in [1.807, 2.05) is 50.1 Å². The molecule has 294 valence electrons. The lowest BCUT2D eigenvalue weighted by atomic mass is 9.52. The zero-order valence-electron chi connectivity index (χ0n) is 32.6. The Morgan fingerprint density at radius 3 is 2.56 bits per heavy atom. The van der Waals surface area contributed by atoms with Crippen LogP contribution < -0.4 is 15.4 Å². The summed E-state index contributed by atoms with van der Waals surface area (Å²) in [5, 5.41) is 37.7. The number of amides is 1. The Bertz CT molecular complexity index is 2120. The first-order valence-electron chi connectivity index (χ1n) is 20.0. The highest BCUT2D eigenvalue weighted by Crippen LogP contribution is 2.65. The molecule has 1 unspecified atom stereocenters. The van der Waals surface area contributed by atoms with E-state index in [1.54, 1.807) is 7.11 Å². The van der Waals surface area contributed by atoms with Crippen LogP contribution in [0.5, 0.6) is 5.75 Å². The molecule has 0 radical (unpaired) electrons. The number of likely N-dealkylation sites (N-methyl/N-ethyl adjacent to an activating group) is 1. The number of carbonyl (C=O) groups is 2. The maximum absolute atomic E-state index is 15.2. The fourth-order valence-electron chi connectivity index (χ4n) is 12.8. The Morgan fingerprint density at radius 2 is 1.85 bits per heavy atom. The van der Waals surface area contributed by atoms with Crippen LogP contribution in [-0.2, 0) is 31.6 Å². The molecule has 3 fully saturated rings. The van der Waals surface area contributed by atoms with Gasteiger partial charge in [-0.3, -0.25) is 19.4 Å². The summed E-state index contributed by atoms with van der Waals surface area (Å²) >= 11 is 0. The number of aliphatic hydroxyl groups excluding tert-OH is 1. The van der Waals surface area contributed by atoms with Crippen molar-refractivity contribution >= 4 is 28.5 Å². The molecule has 2 aromatic carbocycles.